The van der Waals surface area contributed by atoms with Crippen LogP contribution in [0.3, 0.4) is 0 Å². The van der Waals surface area contributed by atoms with E-state index in [4.69, 9.17) is 0 Å². The highest BCUT2D eigenvalue weighted by Crippen LogP contribution is 2.25. The van der Waals surface area contributed by atoms with E-state index in [0.29, 0.717) is 6.04 Å². The lowest BCUT2D eigenvalue weighted by Crippen LogP contribution is -2.09. The van der Waals surface area contributed by atoms with Crippen LogP contribution in [0.4, 0.5) is 5.00 Å². The average Bonchev–Trinajstić information content (AvgIpc) is 2.92. The summed E-state index contributed by atoms with van der Waals surface area (Å²) in [6.07, 6.45) is 6.72. The first-order valence-electron chi connectivity index (χ1n) is 6.49. The van der Waals surface area contributed by atoms with Crippen molar-refractivity contribution in [1.29, 1.82) is 0 Å². The molecule has 0 bridgehead atoms. The third kappa shape index (κ3) is 3.81. The van der Waals surface area contributed by atoms with E-state index in [2.05, 4.69) is 52.2 Å². The first-order valence-corrected chi connectivity index (χ1v) is 7.26. The summed E-state index contributed by atoms with van der Waals surface area (Å²) in [5.74, 6) is 0. The van der Waals surface area contributed by atoms with Crippen LogP contribution in [-0.4, -0.2) is 9.59 Å². The maximum absolute atomic E-state index is 3.89. The Morgan fingerprint density at radius 3 is 2.72 bits per heavy atom. The fourth-order valence-electron chi connectivity index (χ4n) is 2.01. The zero-order valence-corrected chi connectivity index (χ0v) is 11.5. The first kappa shape index (κ1) is 13.0. The molecule has 3 nitrogen and oxygen atoms in total. The summed E-state index contributed by atoms with van der Waals surface area (Å²) in [4.78, 5) is 0. The Kier molecular flexibility index (Phi) is 5.15. The molecule has 0 fully saturated rings. The largest absolute Gasteiger partial charge is 0.368 e. The Balaban J connectivity index is 2.03. The van der Waals surface area contributed by atoms with Crippen molar-refractivity contribution in [2.24, 2.45) is 0 Å². The van der Waals surface area contributed by atoms with Gasteiger partial charge in [-0.1, -0.05) is 61.0 Å². The SMILES string of the molecule is CCCCCC(Nc1cnns1)c1ccccc1. The molecule has 0 saturated heterocycles. The summed E-state index contributed by atoms with van der Waals surface area (Å²) in [6, 6.07) is 11.0. The van der Waals surface area contributed by atoms with Gasteiger partial charge in [-0.25, -0.2) is 0 Å². The van der Waals surface area contributed by atoms with Crippen molar-refractivity contribution in [2.45, 2.75) is 38.6 Å². The highest BCUT2D eigenvalue weighted by Gasteiger charge is 2.11. The molecule has 96 valence electrons. The maximum Gasteiger partial charge on any atom is 0.130 e. The van der Waals surface area contributed by atoms with Crippen LogP contribution in [0.5, 0.6) is 0 Å². The predicted octanol–water partition coefficient (Wildman–Crippen LogP) is 4.27. The molecule has 2 aromatic rings. The molecule has 2 rings (SSSR count). The van der Waals surface area contributed by atoms with Crippen LogP contribution in [0.1, 0.15) is 44.2 Å². The highest BCUT2D eigenvalue weighted by atomic mass is 32.1. The van der Waals surface area contributed by atoms with Crippen molar-refractivity contribution in [3.8, 4) is 0 Å². The highest BCUT2D eigenvalue weighted by molar-refractivity contribution is 7.09. The minimum atomic E-state index is 0.361. The summed E-state index contributed by atoms with van der Waals surface area (Å²) >= 11 is 1.41. The van der Waals surface area contributed by atoms with Crippen molar-refractivity contribution in [1.82, 2.24) is 9.59 Å². The van der Waals surface area contributed by atoms with Gasteiger partial charge in [-0.2, -0.15) is 0 Å². The van der Waals surface area contributed by atoms with Crippen LogP contribution in [0.15, 0.2) is 36.5 Å². The zero-order valence-electron chi connectivity index (χ0n) is 10.7. The Morgan fingerprint density at radius 2 is 2.06 bits per heavy atom. The quantitative estimate of drug-likeness (QED) is 0.756. The van der Waals surface area contributed by atoms with Gasteiger partial charge >= 0.3 is 0 Å². The molecule has 0 amide bonds. The Hall–Kier alpha value is -1.42. The Morgan fingerprint density at radius 1 is 1.22 bits per heavy atom. The molecule has 1 aromatic heterocycles. The molecule has 0 radical (unpaired) electrons. The van der Waals surface area contributed by atoms with Gasteiger partial charge < -0.3 is 5.32 Å². The first-order chi connectivity index (χ1) is 8.90. The third-order valence-corrected chi connectivity index (χ3v) is 3.57. The van der Waals surface area contributed by atoms with Crippen molar-refractivity contribution in [3.05, 3.63) is 42.1 Å². The molecule has 4 heteroatoms. The van der Waals surface area contributed by atoms with E-state index >= 15 is 0 Å². The number of aromatic nitrogens is 2. The maximum atomic E-state index is 3.89. The molecule has 0 spiro atoms. The number of rotatable bonds is 7. The summed E-state index contributed by atoms with van der Waals surface area (Å²) in [6.45, 7) is 2.23. The van der Waals surface area contributed by atoms with Gasteiger partial charge in [0.15, 0.2) is 0 Å². The van der Waals surface area contributed by atoms with Gasteiger partial charge in [0.25, 0.3) is 0 Å². The molecule has 0 aliphatic rings. The summed E-state index contributed by atoms with van der Waals surface area (Å²) in [5, 5.41) is 8.44. The molecular weight excluding hydrogens is 242 g/mol. The lowest BCUT2D eigenvalue weighted by molar-refractivity contribution is 0.607. The molecule has 0 saturated carbocycles. The van der Waals surface area contributed by atoms with Crippen molar-refractivity contribution < 1.29 is 0 Å². The van der Waals surface area contributed by atoms with Crippen LogP contribution in [-0.2, 0) is 0 Å². The van der Waals surface area contributed by atoms with Crippen LogP contribution in [0.25, 0.3) is 0 Å². The third-order valence-electron chi connectivity index (χ3n) is 2.98. The van der Waals surface area contributed by atoms with Crippen molar-refractivity contribution >= 4 is 16.5 Å². The second kappa shape index (κ2) is 7.11. The monoisotopic (exact) mass is 261 g/mol. The molecule has 0 aliphatic heterocycles. The minimum absolute atomic E-state index is 0.361. The Labute approximate surface area is 112 Å². The molecule has 1 heterocycles. The number of hydrogen-bond acceptors (Lipinski definition) is 4. The van der Waals surface area contributed by atoms with Crippen LogP contribution >= 0.6 is 11.5 Å². The summed E-state index contributed by atoms with van der Waals surface area (Å²) < 4.78 is 3.89. The number of nitrogens with zero attached hydrogens (tertiary/aromatic N) is 2. The van der Waals surface area contributed by atoms with E-state index in [0.717, 1.165) is 11.4 Å². The number of nitrogens with one attached hydrogen (secondary N) is 1. The van der Waals surface area contributed by atoms with Crippen LogP contribution < -0.4 is 5.32 Å². The smallest absolute Gasteiger partial charge is 0.130 e. The fourth-order valence-corrected chi connectivity index (χ4v) is 2.48. The molecule has 1 N–H and O–H groups in total. The summed E-state index contributed by atoms with van der Waals surface area (Å²) in [7, 11) is 0. The fraction of sp³-hybridized carbons (Fsp3) is 0.429. The van der Waals surface area contributed by atoms with E-state index in [1.807, 2.05) is 0 Å². The van der Waals surface area contributed by atoms with Gasteiger partial charge in [0, 0.05) is 11.5 Å². The van der Waals surface area contributed by atoms with Gasteiger partial charge in [-0.05, 0) is 12.0 Å². The lowest BCUT2D eigenvalue weighted by atomic mass is 10.0. The van der Waals surface area contributed by atoms with Gasteiger partial charge in [-0.3, -0.25) is 0 Å². The van der Waals surface area contributed by atoms with Gasteiger partial charge in [0.05, 0.1) is 12.2 Å². The van der Waals surface area contributed by atoms with Crippen LogP contribution in [0, 0.1) is 0 Å². The topological polar surface area (TPSA) is 37.8 Å². The average molecular weight is 261 g/mol. The van der Waals surface area contributed by atoms with E-state index < -0.39 is 0 Å². The molecule has 1 atom stereocenters. The number of unbranched alkanes of at least 4 members (excludes halogenated alkanes) is 2. The minimum Gasteiger partial charge on any atom is -0.368 e. The van der Waals surface area contributed by atoms with Crippen molar-refractivity contribution in [2.75, 3.05) is 5.32 Å². The van der Waals surface area contributed by atoms with E-state index in [1.54, 1.807) is 6.20 Å². The van der Waals surface area contributed by atoms with Crippen LogP contribution in [0.2, 0.25) is 0 Å². The van der Waals surface area contributed by atoms with Gasteiger partial charge in [0.2, 0.25) is 0 Å². The number of anilines is 1. The zero-order chi connectivity index (χ0) is 12.6. The van der Waals surface area contributed by atoms with Crippen molar-refractivity contribution in [3.63, 3.8) is 0 Å². The predicted molar refractivity (Wildman–Crippen MR) is 76.9 cm³/mol. The van der Waals surface area contributed by atoms with E-state index in [-0.39, 0.29) is 0 Å². The summed E-state index contributed by atoms with van der Waals surface area (Å²) in [5.41, 5.74) is 1.34. The van der Waals surface area contributed by atoms with Gasteiger partial charge in [-0.15, -0.1) is 5.10 Å². The standard InChI is InChI=1S/C14H19N3S/c1-2-3-5-10-13(12-8-6-4-7-9-12)16-14-11-15-17-18-14/h4,6-9,11,13,16H,2-3,5,10H2,1H3. The molecular formula is C14H19N3S. The van der Waals surface area contributed by atoms with E-state index in [9.17, 15) is 0 Å². The normalized spacial score (nSPS) is 12.3. The number of hydrogen-bond donors (Lipinski definition) is 1. The van der Waals surface area contributed by atoms with Gasteiger partial charge in [0.1, 0.15) is 5.00 Å². The number of benzene rings is 1. The van der Waals surface area contributed by atoms with E-state index in [1.165, 1.54) is 36.4 Å². The molecule has 1 aromatic carbocycles. The molecule has 0 aliphatic carbocycles. The molecule has 1 unspecified atom stereocenters. The lowest BCUT2D eigenvalue weighted by Gasteiger charge is -2.18. The Bertz CT molecular complexity index is 428. The second-order valence-corrected chi connectivity index (χ2v) is 5.17. The molecule has 18 heavy (non-hydrogen) atoms. The second-order valence-electron chi connectivity index (χ2n) is 4.39.